The fraction of sp³-hybridized carbons (Fsp3) is 0.500. The van der Waals surface area contributed by atoms with Crippen LogP contribution >= 0.6 is 0 Å². The Kier molecular flexibility index (Phi) is 3.96. The van der Waals surface area contributed by atoms with Gasteiger partial charge in [-0.05, 0) is 18.9 Å². The first-order chi connectivity index (χ1) is 10.5. The number of hydrogen-bond acceptors (Lipinski definition) is 5. The van der Waals surface area contributed by atoms with Gasteiger partial charge in [-0.3, -0.25) is 14.6 Å². The number of aryl methyl sites for hydroxylation is 1. The molecule has 8 heteroatoms. The summed E-state index contributed by atoms with van der Waals surface area (Å²) >= 11 is 0. The summed E-state index contributed by atoms with van der Waals surface area (Å²) in [5, 5.41) is 4.18. The highest BCUT2D eigenvalue weighted by Gasteiger charge is 2.28. The zero-order valence-corrected chi connectivity index (χ0v) is 13.5. The molecule has 3 rings (SSSR count). The van der Waals surface area contributed by atoms with Gasteiger partial charge in [-0.15, -0.1) is 0 Å². The van der Waals surface area contributed by atoms with E-state index in [0.717, 1.165) is 29.9 Å². The minimum absolute atomic E-state index is 0.219. The summed E-state index contributed by atoms with van der Waals surface area (Å²) < 4.78 is 26.5. The average molecular weight is 321 g/mol. The Hall–Kier alpha value is -1.80. The normalized spacial score (nSPS) is 17.7. The number of nitrogens with zero attached hydrogens (tertiary/aromatic N) is 5. The van der Waals surface area contributed by atoms with Crippen molar-refractivity contribution in [3.8, 4) is 11.4 Å². The van der Waals surface area contributed by atoms with Crippen molar-refractivity contribution >= 4 is 10.0 Å². The maximum atomic E-state index is 11.6. The van der Waals surface area contributed by atoms with Crippen LogP contribution in [0.4, 0.5) is 0 Å². The van der Waals surface area contributed by atoms with Crippen LogP contribution in [0.5, 0.6) is 0 Å². The molecule has 0 aromatic carbocycles. The van der Waals surface area contributed by atoms with E-state index in [-0.39, 0.29) is 5.92 Å². The Labute approximate surface area is 130 Å². The van der Waals surface area contributed by atoms with Crippen LogP contribution in [0, 0.1) is 0 Å². The predicted molar refractivity (Wildman–Crippen MR) is 82.6 cm³/mol. The van der Waals surface area contributed by atoms with Crippen molar-refractivity contribution in [3.63, 3.8) is 0 Å². The molecular formula is C14H19N5O2S. The van der Waals surface area contributed by atoms with E-state index in [2.05, 4.69) is 15.1 Å². The van der Waals surface area contributed by atoms with E-state index in [1.165, 1.54) is 10.6 Å². The van der Waals surface area contributed by atoms with Crippen molar-refractivity contribution in [2.45, 2.75) is 18.8 Å². The molecule has 0 N–H and O–H groups in total. The van der Waals surface area contributed by atoms with Crippen LogP contribution in [-0.2, 0) is 17.1 Å². The number of sulfonamides is 1. The van der Waals surface area contributed by atoms with Crippen LogP contribution in [0.15, 0.2) is 24.7 Å². The first-order valence-corrected chi connectivity index (χ1v) is 9.06. The molecular weight excluding hydrogens is 302 g/mol. The summed E-state index contributed by atoms with van der Waals surface area (Å²) in [6.07, 6.45) is 7.89. The van der Waals surface area contributed by atoms with E-state index < -0.39 is 10.0 Å². The third-order valence-corrected chi connectivity index (χ3v) is 5.40. The first kappa shape index (κ1) is 15.1. The standard InChI is InChI=1S/C14H19N5O2S/c1-18-12(3-6-17-18)14-13(15-7-8-16-14)11-4-9-19(10-5-11)22(2,20)21/h3,6-8,11H,4-5,9-10H2,1-2H3. The van der Waals surface area contributed by atoms with Crippen LogP contribution in [0.25, 0.3) is 11.4 Å². The van der Waals surface area contributed by atoms with Crippen molar-refractivity contribution in [2.75, 3.05) is 19.3 Å². The van der Waals surface area contributed by atoms with Gasteiger partial charge in [0.25, 0.3) is 0 Å². The van der Waals surface area contributed by atoms with Crippen molar-refractivity contribution in [1.29, 1.82) is 0 Å². The lowest BCUT2D eigenvalue weighted by atomic mass is 9.92. The Bertz CT molecular complexity index is 763. The van der Waals surface area contributed by atoms with Crippen molar-refractivity contribution in [2.24, 2.45) is 7.05 Å². The fourth-order valence-corrected chi connectivity index (χ4v) is 3.79. The maximum absolute atomic E-state index is 11.6. The molecule has 118 valence electrons. The third kappa shape index (κ3) is 2.89. The summed E-state index contributed by atoms with van der Waals surface area (Å²) in [5.41, 5.74) is 2.69. The second kappa shape index (κ2) is 5.77. The van der Waals surface area contributed by atoms with Crippen molar-refractivity contribution in [1.82, 2.24) is 24.1 Å². The zero-order chi connectivity index (χ0) is 15.7. The van der Waals surface area contributed by atoms with Crippen LogP contribution in [-0.4, -0.2) is 51.8 Å². The molecule has 0 unspecified atom stereocenters. The molecule has 7 nitrogen and oxygen atoms in total. The van der Waals surface area contributed by atoms with Gasteiger partial charge in [0, 0.05) is 44.6 Å². The van der Waals surface area contributed by atoms with Crippen LogP contribution in [0.1, 0.15) is 24.5 Å². The molecule has 3 heterocycles. The van der Waals surface area contributed by atoms with Gasteiger partial charge in [-0.2, -0.15) is 5.10 Å². The smallest absolute Gasteiger partial charge is 0.211 e. The molecule has 0 aliphatic carbocycles. The van der Waals surface area contributed by atoms with E-state index >= 15 is 0 Å². The molecule has 0 bridgehead atoms. The van der Waals surface area contributed by atoms with Gasteiger partial charge in [0.2, 0.25) is 10.0 Å². The lowest BCUT2D eigenvalue weighted by molar-refractivity contribution is 0.318. The lowest BCUT2D eigenvalue weighted by Gasteiger charge is -2.30. The molecule has 1 fully saturated rings. The summed E-state index contributed by atoms with van der Waals surface area (Å²) in [7, 11) is -1.23. The molecule has 1 aliphatic heterocycles. The van der Waals surface area contributed by atoms with Gasteiger partial charge in [0.15, 0.2) is 0 Å². The fourth-order valence-electron chi connectivity index (χ4n) is 2.91. The number of piperidine rings is 1. The van der Waals surface area contributed by atoms with Gasteiger partial charge in [0.05, 0.1) is 17.6 Å². The van der Waals surface area contributed by atoms with Crippen LogP contribution < -0.4 is 0 Å². The van der Waals surface area contributed by atoms with Gasteiger partial charge in [-0.1, -0.05) is 0 Å². The summed E-state index contributed by atoms with van der Waals surface area (Å²) in [6.45, 7) is 1.07. The second-order valence-corrected chi connectivity index (χ2v) is 7.55. The molecule has 22 heavy (non-hydrogen) atoms. The highest BCUT2D eigenvalue weighted by Crippen LogP contribution is 2.32. The lowest BCUT2D eigenvalue weighted by Crippen LogP contribution is -2.37. The molecule has 0 radical (unpaired) electrons. The predicted octanol–water partition coefficient (Wildman–Crippen LogP) is 1.02. The summed E-state index contributed by atoms with van der Waals surface area (Å²) in [5.74, 6) is 0.219. The Morgan fingerprint density at radius 2 is 1.82 bits per heavy atom. The van der Waals surface area contributed by atoms with E-state index in [0.29, 0.717) is 13.1 Å². The molecule has 2 aromatic heterocycles. The highest BCUT2D eigenvalue weighted by atomic mass is 32.2. The van der Waals surface area contributed by atoms with Gasteiger partial charge in [0.1, 0.15) is 5.69 Å². The highest BCUT2D eigenvalue weighted by molar-refractivity contribution is 7.88. The van der Waals surface area contributed by atoms with E-state index in [4.69, 9.17) is 0 Å². The summed E-state index contributed by atoms with van der Waals surface area (Å²) in [4.78, 5) is 8.98. The Balaban J connectivity index is 1.87. The molecule has 2 aromatic rings. The quantitative estimate of drug-likeness (QED) is 0.843. The number of rotatable bonds is 3. The molecule has 1 aliphatic rings. The average Bonchev–Trinajstić information content (AvgIpc) is 2.92. The summed E-state index contributed by atoms with van der Waals surface area (Å²) in [6, 6.07) is 1.92. The molecule has 1 saturated heterocycles. The Morgan fingerprint density at radius 3 is 2.41 bits per heavy atom. The first-order valence-electron chi connectivity index (χ1n) is 7.21. The van der Waals surface area contributed by atoms with Crippen molar-refractivity contribution < 1.29 is 8.42 Å². The van der Waals surface area contributed by atoms with Crippen LogP contribution in [0.3, 0.4) is 0 Å². The van der Waals surface area contributed by atoms with Gasteiger partial charge < -0.3 is 0 Å². The monoisotopic (exact) mass is 321 g/mol. The van der Waals surface area contributed by atoms with E-state index in [1.54, 1.807) is 23.3 Å². The largest absolute Gasteiger partial charge is 0.266 e. The molecule has 0 saturated carbocycles. The minimum atomic E-state index is -3.11. The molecule has 0 atom stereocenters. The SMILES string of the molecule is Cn1nccc1-c1nccnc1C1CCN(S(C)(=O)=O)CC1. The van der Waals surface area contributed by atoms with E-state index in [1.807, 2.05) is 13.1 Å². The third-order valence-electron chi connectivity index (χ3n) is 4.10. The second-order valence-electron chi connectivity index (χ2n) is 5.57. The Morgan fingerprint density at radius 1 is 1.14 bits per heavy atom. The molecule has 0 amide bonds. The topological polar surface area (TPSA) is 81.0 Å². The molecule has 0 spiro atoms. The van der Waals surface area contributed by atoms with Gasteiger partial charge >= 0.3 is 0 Å². The van der Waals surface area contributed by atoms with Crippen molar-refractivity contribution in [3.05, 3.63) is 30.4 Å². The number of aromatic nitrogens is 4. The van der Waals surface area contributed by atoms with E-state index in [9.17, 15) is 8.42 Å². The number of hydrogen-bond donors (Lipinski definition) is 0. The zero-order valence-electron chi connectivity index (χ0n) is 12.7. The maximum Gasteiger partial charge on any atom is 0.211 e. The minimum Gasteiger partial charge on any atom is -0.266 e. The van der Waals surface area contributed by atoms with Gasteiger partial charge in [-0.25, -0.2) is 12.7 Å². The van der Waals surface area contributed by atoms with Crippen LogP contribution in [0.2, 0.25) is 0 Å².